The quantitative estimate of drug-likeness (QED) is 0.827. The van der Waals surface area contributed by atoms with Gasteiger partial charge in [0, 0.05) is 0 Å². The second-order valence-corrected chi connectivity index (χ2v) is 3.78. The molecule has 0 amide bonds. The van der Waals surface area contributed by atoms with Gasteiger partial charge in [-0.3, -0.25) is 0 Å². The number of hydrogen-bond donors (Lipinski definition) is 1. The Morgan fingerprint density at radius 1 is 1.23 bits per heavy atom. The van der Waals surface area contributed by atoms with Gasteiger partial charge < -0.3 is 4.74 Å². The fraction of sp³-hybridized carbons (Fsp3) is 0.143. The van der Waals surface area contributed by atoms with Gasteiger partial charge in [0.25, 0.3) is 0 Å². The fourth-order valence-electron chi connectivity index (χ4n) is 0.765. The van der Waals surface area contributed by atoms with E-state index < -0.39 is 10.0 Å². The van der Waals surface area contributed by atoms with E-state index in [2.05, 4.69) is 0 Å². The van der Waals surface area contributed by atoms with Crippen LogP contribution in [0.2, 0.25) is 0 Å². The maximum absolute atomic E-state index is 10.8. The Bertz CT molecular complexity index is 360. The number of halogens is 1. The zero-order valence-electron chi connectivity index (χ0n) is 6.93. The molecule has 4 nitrogen and oxygen atoms in total. The van der Waals surface area contributed by atoms with Crippen LogP contribution in [0, 0.1) is 0 Å². The molecule has 0 bridgehead atoms. The second kappa shape index (κ2) is 4.77. The lowest BCUT2D eigenvalue weighted by atomic mass is 10.3. The topological polar surface area (TPSA) is 69.4 Å². The average Bonchev–Trinajstić information content (AvgIpc) is 2.03. The Kier molecular flexibility index (Phi) is 4.65. The predicted molar refractivity (Wildman–Crippen MR) is 59.8 cm³/mol. The Morgan fingerprint density at radius 3 is 2.00 bits per heavy atom. The van der Waals surface area contributed by atoms with E-state index in [1.807, 2.05) is 0 Å². The highest BCUT2D eigenvalue weighted by atomic mass is 127. The Morgan fingerprint density at radius 2 is 1.69 bits per heavy atom. The Labute approximate surface area is 94.2 Å². The van der Waals surface area contributed by atoms with Crippen molar-refractivity contribution in [2.24, 2.45) is 5.14 Å². The third-order valence-corrected chi connectivity index (χ3v) is 2.32. The number of primary sulfonamides is 1. The molecule has 0 spiro atoms. The van der Waals surface area contributed by atoms with Gasteiger partial charge in [0.2, 0.25) is 10.0 Å². The van der Waals surface area contributed by atoms with Crippen molar-refractivity contribution in [1.29, 1.82) is 0 Å². The van der Waals surface area contributed by atoms with Crippen molar-refractivity contribution >= 4 is 34.0 Å². The highest BCUT2D eigenvalue weighted by Gasteiger charge is 2.05. The van der Waals surface area contributed by atoms with E-state index in [4.69, 9.17) is 9.88 Å². The number of nitrogens with two attached hydrogens (primary N) is 1. The molecule has 13 heavy (non-hydrogen) atoms. The number of hydrogen-bond acceptors (Lipinski definition) is 3. The first-order valence-electron chi connectivity index (χ1n) is 3.21. The summed E-state index contributed by atoms with van der Waals surface area (Å²) in [5.74, 6) is 0.599. The molecule has 1 aromatic carbocycles. The van der Waals surface area contributed by atoms with Gasteiger partial charge in [-0.05, 0) is 24.3 Å². The zero-order valence-corrected chi connectivity index (χ0v) is 10.1. The van der Waals surface area contributed by atoms with Crippen molar-refractivity contribution in [3.63, 3.8) is 0 Å². The van der Waals surface area contributed by atoms with Crippen molar-refractivity contribution in [1.82, 2.24) is 0 Å². The lowest BCUT2D eigenvalue weighted by Gasteiger charge is -2.00. The molecule has 0 heterocycles. The van der Waals surface area contributed by atoms with Crippen molar-refractivity contribution in [3.8, 4) is 5.75 Å². The van der Waals surface area contributed by atoms with Gasteiger partial charge in [0.1, 0.15) is 5.75 Å². The molecule has 0 unspecified atom stereocenters. The number of rotatable bonds is 2. The van der Waals surface area contributed by atoms with Crippen LogP contribution >= 0.6 is 24.0 Å². The summed E-state index contributed by atoms with van der Waals surface area (Å²) in [6, 6.07) is 5.88. The number of methoxy groups -OCH3 is 1. The zero-order chi connectivity index (χ0) is 9.19. The fourth-order valence-corrected chi connectivity index (χ4v) is 1.28. The molecule has 74 valence electrons. The third kappa shape index (κ3) is 3.49. The van der Waals surface area contributed by atoms with Gasteiger partial charge in [-0.25, -0.2) is 13.6 Å². The average molecular weight is 315 g/mol. The van der Waals surface area contributed by atoms with Gasteiger partial charge in [-0.2, -0.15) is 0 Å². The predicted octanol–water partition coefficient (Wildman–Crippen LogP) is 0.961. The Hall–Kier alpha value is -0.340. The van der Waals surface area contributed by atoms with Crippen LogP contribution in [0.3, 0.4) is 0 Å². The van der Waals surface area contributed by atoms with Crippen molar-refractivity contribution in [2.75, 3.05) is 7.11 Å². The summed E-state index contributed by atoms with van der Waals surface area (Å²) >= 11 is 0. The van der Waals surface area contributed by atoms with Gasteiger partial charge in [0.15, 0.2) is 0 Å². The highest BCUT2D eigenvalue weighted by Crippen LogP contribution is 2.13. The molecule has 0 aromatic heterocycles. The van der Waals surface area contributed by atoms with Crippen LogP contribution in [-0.4, -0.2) is 15.5 Å². The van der Waals surface area contributed by atoms with E-state index in [-0.39, 0.29) is 28.9 Å². The summed E-state index contributed by atoms with van der Waals surface area (Å²) < 4.78 is 26.4. The van der Waals surface area contributed by atoms with Crippen LogP contribution in [0.25, 0.3) is 0 Å². The molecule has 6 heteroatoms. The second-order valence-electron chi connectivity index (χ2n) is 2.22. The number of sulfonamides is 1. The molecular formula is C7H10INO3S. The van der Waals surface area contributed by atoms with Crippen LogP contribution in [-0.2, 0) is 10.0 Å². The molecule has 0 aliphatic rings. The Balaban J connectivity index is 0.00000144. The minimum atomic E-state index is -3.58. The minimum Gasteiger partial charge on any atom is -0.497 e. The summed E-state index contributed by atoms with van der Waals surface area (Å²) in [5, 5.41) is 4.88. The van der Waals surface area contributed by atoms with Crippen LogP contribution in [0.15, 0.2) is 29.2 Å². The van der Waals surface area contributed by atoms with E-state index in [9.17, 15) is 8.42 Å². The smallest absolute Gasteiger partial charge is 0.238 e. The van der Waals surface area contributed by atoms with Crippen LogP contribution in [0.5, 0.6) is 5.75 Å². The maximum atomic E-state index is 10.8. The first-order chi connectivity index (χ1) is 5.54. The molecule has 0 atom stereocenters. The molecule has 2 N–H and O–H groups in total. The van der Waals surface area contributed by atoms with Crippen molar-refractivity contribution in [2.45, 2.75) is 4.90 Å². The van der Waals surface area contributed by atoms with Gasteiger partial charge in [-0.1, -0.05) is 0 Å². The van der Waals surface area contributed by atoms with Crippen LogP contribution < -0.4 is 9.88 Å². The summed E-state index contributed by atoms with van der Waals surface area (Å²) in [4.78, 5) is 0.0864. The summed E-state index contributed by atoms with van der Waals surface area (Å²) in [6.07, 6.45) is 0. The monoisotopic (exact) mass is 315 g/mol. The summed E-state index contributed by atoms with van der Waals surface area (Å²) in [7, 11) is -2.08. The van der Waals surface area contributed by atoms with E-state index in [1.54, 1.807) is 12.1 Å². The molecule has 1 rings (SSSR count). The highest BCUT2D eigenvalue weighted by molar-refractivity contribution is 14.0. The molecule has 1 aromatic rings. The molecule has 0 saturated carbocycles. The molecule has 0 aliphatic carbocycles. The first-order valence-corrected chi connectivity index (χ1v) is 4.75. The van der Waals surface area contributed by atoms with Gasteiger partial charge in [0.05, 0.1) is 12.0 Å². The maximum Gasteiger partial charge on any atom is 0.238 e. The lowest BCUT2D eigenvalue weighted by Crippen LogP contribution is -2.11. The first kappa shape index (κ1) is 12.7. The molecular weight excluding hydrogens is 305 g/mol. The van der Waals surface area contributed by atoms with Crippen molar-refractivity contribution < 1.29 is 13.2 Å². The standard InChI is InChI=1S/C7H9NO3S.HI/c1-11-6-2-4-7(5-3-6)12(8,9)10;/h2-5H,1H3,(H2,8,9,10);1H. The largest absolute Gasteiger partial charge is 0.497 e. The summed E-state index contributed by atoms with van der Waals surface area (Å²) in [6.45, 7) is 0. The van der Waals surface area contributed by atoms with Crippen molar-refractivity contribution in [3.05, 3.63) is 24.3 Å². The molecule has 0 aliphatic heterocycles. The van der Waals surface area contributed by atoms with Crippen LogP contribution in [0.4, 0.5) is 0 Å². The minimum absolute atomic E-state index is 0. The van der Waals surface area contributed by atoms with Gasteiger partial charge in [-0.15, -0.1) is 24.0 Å². The molecule has 0 saturated heterocycles. The van der Waals surface area contributed by atoms with E-state index in [0.29, 0.717) is 5.75 Å². The van der Waals surface area contributed by atoms with E-state index >= 15 is 0 Å². The summed E-state index contributed by atoms with van der Waals surface area (Å²) in [5.41, 5.74) is 0. The molecule has 0 radical (unpaired) electrons. The third-order valence-electron chi connectivity index (χ3n) is 1.39. The number of benzene rings is 1. The lowest BCUT2D eigenvalue weighted by molar-refractivity contribution is 0.414. The SMILES string of the molecule is COc1ccc(S(N)(=O)=O)cc1.I. The number of ether oxygens (including phenoxy) is 1. The van der Waals surface area contributed by atoms with E-state index in [0.717, 1.165) is 0 Å². The van der Waals surface area contributed by atoms with E-state index in [1.165, 1.54) is 19.2 Å². The van der Waals surface area contributed by atoms with Gasteiger partial charge >= 0.3 is 0 Å². The molecule has 0 fully saturated rings. The normalized spacial score (nSPS) is 10.3. The van der Waals surface area contributed by atoms with Crippen LogP contribution in [0.1, 0.15) is 0 Å².